The SMILES string of the molecule is CCS(=O)(=O)N1CCCc2cc(NS(=O)(=O)c3ccc(C(C)=O)cc3)ccc21. The Labute approximate surface area is 165 Å². The first kappa shape index (κ1) is 20.3. The third kappa shape index (κ3) is 4.05. The van der Waals surface area contributed by atoms with Gasteiger partial charge in [-0.25, -0.2) is 16.8 Å². The summed E-state index contributed by atoms with van der Waals surface area (Å²) >= 11 is 0. The van der Waals surface area contributed by atoms with E-state index < -0.39 is 20.0 Å². The number of rotatable bonds is 6. The first-order chi connectivity index (χ1) is 13.1. The van der Waals surface area contributed by atoms with Crippen LogP contribution in [0.15, 0.2) is 47.4 Å². The van der Waals surface area contributed by atoms with E-state index in [1.54, 1.807) is 25.1 Å². The third-order valence-electron chi connectivity index (χ3n) is 4.68. The van der Waals surface area contributed by atoms with Crippen LogP contribution in [0.25, 0.3) is 0 Å². The van der Waals surface area contributed by atoms with E-state index >= 15 is 0 Å². The van der Waals surface area contributed by atoms with E-state index in [2.05, 4.69) is 4.72 Å². The Morgan fingerprint density at radius 2 is 1.75 bits per heavy atom. The van der Waals surface area contributed by atoms with Crippen LogP contribution in [-0.4, -0.2) is 34.9 Å². The number of aryl methyl sites for hydroxylation is 1. The summed E-state index contributed by atoms with van der Waals surface area (Å²) in [7, 11) is -7.19. The highest BCUT2D eigenvalue weighted by Gasteiger charge is 2.26. The second kappa shape index (κ2) is 7.56. The second-order valence-electron chi connectivity index (χ2n) is 6.61. The normalized spacial score (nSPS) is 14.4. The van der Waals surface area contributed by atoms with Gasteiger partial charge in [-0.05, 0) is 62.6 Å². The molecule has 28 heavy (non-hydrogen) atoms. The lowest BCUT2D eigenvalue weighted by molar-refractivity contribution is 0.101. The summed E-state index contributed by atoms with van der Waals surface area (Å²) in [4.78, 5) is 11.4. The van der Waals surface area contributed by atoms with Gasteiger partial charge in [0.1, 0.15) is 0 Å². The maximum absolute atomic E-state index is 12.6. The molecule has 0 atom stereocenters. The smallest absolute Gasteiger partial charge is 0.261 e. The van der Waals surface area contributed by atoms with Crippen molar-refractivity contribution in [1.82, 2.24) is 0 Å². The van der Waals surface area contributed by atoms with Gasteiger partial charge in [-0.2, -0.15) is 0 Å². The van der Waals surface area contributed by atoms with Crippen LogP contribution >= 0.6 is 0 Å². The van der Waals surface area contributed by atoms with Gasteiger partial charge in [0.05, 0.1) is 16.3 Å². The number of sulfonamides is 2. The molecule has 0 radical (unpaired) electrons. The number of hydrogen-bond donors (Lipinski definition) is 1. The van der Waals surface area contributed by atoms with Crippen molar-refractivity contribution >= 4 is 37.2 Å². The molecule has 0 spiro atoms. The topological polar surface area (TPSA) is 101 Å². The molecule has 7 nitrogen and oxygen atoms in total. The van der Waals surface area contributed by atoms with Gasteiger partial charge in [0.2, 0.25) is 10.0 Å². The molecule has 9 heteroatoms. The molecule has 1 heterocycles. The molecule has 0 saturated heterocycles. The maximum atomic E-state index is 12.6. The average Bonchev–Trinajstić information content (AvgIpc) is 2.67. The number of benzene rings is 2. The molecular formula is C19H22N2O5S2. The number of carbonyl (C=O) groups is 1. The third-order valence-corrected chi connectivity index (χ3v) is 7.86. The fraction of sp³-hybridized carbons (Fsp3) is 0.316. The number of carbonyl (C=O) groups excluding carboxylic acids is 1. The minimum absolute atomic E-state index is 0.0110. The zero-order valence-corrected chi connectivity index (χ0v) is 17.3. The van der Waals surface area contributed by atoms with Crippen molar-refractivity contribution in [3.05, 3.63) is 53.6 Å². The van der Waals surface area contributed by atoms with E-state index in [1.165, 1.54) is 35.5 Å². The van der Waals surface area contributed by atoms with Crippen LogP contribution in [-0.2, 0) is 26.5 Å². The van der Waals surface area contributed by atoms with Crippen LogP contribution in [0.2, 0.25) is 0 Å². The van der Waals surface area contributed by atoms with Gasteiger partial charge in [-0.15, -0.1) is 0 Å². The number of nitrogens with zero attached hydrogens (tertiary/aromatic N) is 1. The molecule has 0 bridgehead atoms. The van der Waals surface area contributed by atoms with E-state index in [0.29, 0.717) is 36.3 Å². The van der Waals surface area contributed by atoms with Crippen molar-refractivity contribution in [2.24, 2.45) is 0 Å². The molecule has 1 aliphatic heterocycles. The lowest BCUT2D eigenvalue weighted by Crippen LogP contribution is -2.36. The number of Topliss-reactive ketones (excluding diaryl/α,β-unsaturated/α-hetero) is 1. The highest BCUT2D eigenvalue weighted by Crippen LogP contribution is 2.32. The van der Waals surface area contributed by atoms with Crippen LogP contribution in [0, 0.1) is 0 Å². The van der Waals surface area contributed by atoms with E-state index in [9.17, 15) is 21.6 Å². The Balaban J connectivity index is 1.88. The number of fused-ring (bicyclic) bond motifs is 1. The summed E-state index contributed by atoms with van der Waals surface area (Å²) < 4.78 is 53.7. The first-order valence-electron chi connectivity index (χ1n) is 8.91. The molecule has 1 N–H and O–H groups in total. The van der Waals surface area contributed by atoms with Crippen molar-refractivity contribution in [3.63, 3.8) is 0 Å². The van der Waals surface area contributed by atoms with Crippen molar-refractivity contribution in [2.45, 2.75) is 31.6 Å². The zero-order valence-electron chi connectivity index (χ0n) is 15.7. The van der Waals surface area contributed by atoms with E-state index in [4.69, 9.17) is 0 Å². The largest absolute Gasteiger partial charge is 0.295 e. The van der Waals surface area contributed by atoms with Gasteiger partial charge in [0, 0.05) is 17.8 Å². The van der Waals surface area contributed by atoms with Gasteiger partial charge in [0.15, 0.2) is 5.78 Å². The monoisotopic (exact) mass is 422 g/mol. The standard InChI is InChI=1S/C19H22N2O5S2/c1-3-27(23,24)21-12-4-5-16-13-17(8-11-19(16)21)20-28(25,26)18-9-6-15(7-10-18)14(2)22/h6-11,13,20H,3-5,12H2,1-2H3. The van der Waals surface area contributed by atoms with Crippen molar-refractivity contribution in [3.8, 4) is 0 Å². The van der Waals surface area contributed by atoms with Crippen molar-refractivity contribution in [2.75, 3.05) is 21.3 Å². The van der Waals surface area contributed by atoms with E-state index in [1.807, 2.05) is 0 Å². The van der Waals surface area contributed by atoms with Crippen LogP contribution in [0.1, 0.15) is 36.2 Å². The Morgan fingerprint density at radius 1 is 1.07 bits per heavy atom. The van der Waals surface area contributed by atoms with Gasteiger partial charge < -0.3 is 0 Å². The summed E-state index contributed by atoms with van der Waals surface area (Å²) in [6, 6.07) is 10.6. The summed E-state index contributed by atoms with van der Waals surface area (Å²) in [6.07, 6.45) is 1.35. The fourth-order valence-corrected chi connectivity index (χ4v) is 5.40. The molecule has 0 aliphatic carbocycles. The molecule has 150 valence electrons. The number of hydrogen-bond acceptors (Lipinski definition) is 5. The highest BCUT2D eigenvalue weighted by molar-refractivity contribution is 7.93. The Hall–Kier alpha value is -2.39. The van der Waals surface area contributed by atoms with E-state index in [-0.39, 0.29) is 16.4 Å². The second-order valence-corrected chi connectivity index (χ2v) is 10.5. The average molecular weight is 423 g/mol. The quantitative estimate of drug-likeness (QED) is 0.722. The molecule has 2 aromatic rings. The Morgan fingerprint density at radius 3 is 2.36 bits per heavy atom. The summed E-state index contributed by atoms with van der Waals surface area (Å²) in [6.45, 7) is 3.44. The van der Waals surface area contributed by atoms with Crippen LogP contribution in [0.3, 0.4) is 0 Å². The number of anilines is 2. The van der Waals surface area contributed by atoms with Crippen LogP contribution < -0.4 is 9.03 Å². The van der Waals surface area contributed by atoms with Crippen molar-refractivity contribution < 1.29 is 21.6 Å². The van der Waals surface area contributed by atoms with Crippen molar-refractivity contribution in [1.29, 1.82) is 0 Å². The van der Waals surface area contributed by atoms with Crippen LogP contribution in [0.4, 0.5) is 11.4 Å². The predicted molar refractivity (Wildman–Crippen MR) is 109 cm³/mol. The fourth-order valence-electron chi connectivity index (χ4n) is 3.15. The number of nitrogens with one attached hydrogen (secondary N) is 1. The Bertz CT molecular complexity index is 1110. The minimum atomic E-state index is -3.82. The summed E-state index contributed by atoms with van der Waals surface area (Å²) in [5, 5.41) is 0. The molecule has 0 unspecified atom stereocenters. The lowest BCUT2D eigenvalue weighted by Gasteiger charge is -2.30. The predicted octanol–water partition coefficient (Wildman–Crippen LogP) is 2.79. The molecule has 0 fully saturated rings. The van der Waals surface area contributed by atoms with E-state index in [0.717, 1.165) is 5.56 Å². The minimum Gasteiger partial charge on any atom is -0.295 e. The lowest BCUT2D eigenvalue weighted by atomic mass is 10.0. The highest BCUT2D eigenvalue weighted by atomic mass is 32.2. The van der Waals surface area contributed by atoms with Gasteiger partial charge in [0.25, 0.3) is 10.0 Å². The number of ketones is 1. The summed E-state index contributed by atoms with van der Waals surface area (Å²) in [5.74, 6) is -0.130. The molecule has 2 aromatic carbocycles. The Kier molecular flexibility index (Phi) is 5.49. The molecule has 0 saturated carbocycles. The molecule has 1 aliphatic rings. The molecular weight excluding hydrogens is 400 g/mol. The maximum Gasteiger partial charge on any atom is 0.261 e. The molecule has 0 aromatic heterocycles. The molecule has 3 rings (SSSR count). The van der Waals surface area contributed by atoms with Gasteiger partial charge >= 0.3 is 0 Å². The van der Waals surface area contributed by atoms with Gasteiger partial charge in [-0.3, -0.25) is 13.8 Å². The summed E-state index contributed by atoms with van der Waals surface area (Å²) in [5.41, 5.74) is 2.19. The zero-order chi connectivity index (χ0) is 20.5. The first-order valence-corrected chi connectivity index (χ1v) is 12.0. The van der Waals surface area contributed by atoms with Crippen LogP contribution in [0.5, 0.6) is 0 Å². The molecule has 0 amide bonds. The van der Waals surface area contributed by atoms with Gasteiger partial charge in [-0.1, -0.05) is 12.1 Å².